The molecule has 6 heteroatoms. The second-order valence-electron chi connectivity index (χ2n) is 4.98. The molecule has 2 aromatic carbocycles. The van der Waals surface area contributed by atoms with E-state index < -0.39 is 4.92 Å². The Labute approximate surface area is 139 Å². The number of nitrogens with one attached hydrogen (secondary N) is 1. The van der Waals surface area contributed by atoms with E-state index in [0.717, 1.165) is 11.3 Å². The van der Waals surface area contributed by atoms with E-state index in [1.807, 2.05) is 31.2 Å². The summed E-state index contributed by atoms with van der Waals surface area (Å²) in [5.41, 5.74) is 1.68. The molecule has 0 heterocycles. The second-order valence-corrected chi connectivity index (χ2v) is 4.98. The van der Waals surface area contributed by atoms with Crippen molar-refractivity contribution >= 4 is 17.7 Å². The molecule has 2 aromatic rings. The number of nitro groups is 1. The van der Waals surface area contributed by atoms with E-state index in [0.29, 0.717) is 18.7 Å². The van der Waals surface area contributed by atoms with Gasteiger partial charge in [0, 0.05) is 24.8 Å². The van der Waals surface area contributed by atoms with Crippen LogP contribution in [0, 0.1) is 10.1 Å². The molecule has 2 rings (SSSR count). The molecule has 0 aliphatic heterocycles. The first-order chi connectivity index (χ1) is 11.6. The number of rotatable bonds is 7. The summed E-state index contributed by atoms with van der Waals surface area (Å²) in [5.74, 6) is 0.529. The van der Waals surface area contributed by atoms with Gasteiger partial charge < -0.3 is 10.1 Å². The highest BCUT2D eigenvalue weighted by atomic mass is 16.6. The lowest BCUT2D eigenvalue weighted by atomic mass is 10.2. The van der Waals surface area contributed by atoms with Crippen molar-refractivity contribution in [1.82, 2.24) is 5.32 Å². The van der Waals surface area contributed by atoms with Gasteiger partial charge in [-0.05, 0) is 48.4 Å². The van der Waals surface area contributed by atoms with Crippen LogP contribution in [0.2, 0.25) is 0 Å². The number of amides is 1. The summed E-state index contributed by atoms with van der Waals surface area (Å²) in [7, 11) is 0. The minimum Gasteiger partial charge on any atom is -0.494 e. The standard InChI is InChI=1S/C18H18N2O4/c1-2-24-17-5-3-4-15(12-17)13-19-18(21)11-8-14-6-9-16(10-7-14)20(22)23/h3-12H,2,13H2,1H3,(H,19,21)/b11-8+. The highest BCUT2D eigenvalue weighted by Crippen LogP contribution is 2.14. The van der Waals surface area contributed by atoms with E-state index in [1.165, 1.54) is 18.2 Å². The van der Waals surface area contributed by atoms with Crippen molar-refractivity contribution in [3.05, 3.63) is 75.8 Å². The van der Waals surface area contributed by atoms with Crippen molar-refractivity contribution in [2.45, 2.75) is 13.5 Å². The number of non-ortho nitro benzene ring substituents is 1. The van der Waals surface area contributed by atoms with E-state index in [1.54, 1.807) is 18.2 Å². The quantitative estimate of drug-likeness (QED) is 0.481. The fraction of sp³-hybridized carbons (Fsp3) is 0.167. The summed E-state index contributed by atoms with van der Waals surface area (Å²) in [5, 5.41) is 13.4. The van der Waals surface area contributed by atoms with Crippen LogP contribution in [0.1, 0.15) is 18.1 Å². The van der Waals surface area contributed by atoms with Crippen LogP contribution in [0.3, 0.4) is 0 Å². The third-order valence-corrected chi connectivity index (χ3v) is 3.21. The Balaban J connectivity index is 1.88. The van der Waals surface area contributed by atoms with Crippen LogP contribution in [0.25, 0.3) is 6.08 Å². The SMILES string of the molecule is CCOc1cccc(CNC(=O)/C=C/c2ccc([N+](=O)[O-])cc2)c1. The van der Waals surface area contributed by atoms with E-state index in [9.17, 15) is 14.9 Å². The Bertz CT molecular complexity index is 739. The normalized spacial score (nSPS) is 10.5. The number of hydrogen-bond donors (Lipinski definition) is 1. The third kappa shape index (κ3) is 5.24. The van der Waals surface area contributed by atoms with Crippen LogP contribution in [0.15, 0.2) is 54.6 Å². The van der Waals surface area contributed by atoms with Crippen molar-refractivity contribution in [2.24, 2.45) is 0 Å². The molecule has 0 aromatic heterocycles. The maximum Gasteiger partial charge on any atom is 0.269 e. The molecular formula is C18H18N2O4. The summed E-state index contributed by atoms with van der Waals surface area (Å²) in [6.07, 6.45) is 3.00. The molecule has 0 bridgehead atoms. The first-order valence-corrected chi connectivity index (χ1v) is 7.50. The number of carbonyl (C=O) groups excluding carboxylic acids is 1. The molecule has 0 saturated carbocycles. The molecule has 0 spiro atoms. The molecule has 0 radical (unpaired) electrons. The van der Waals surface area contributed by atoms with Gasteiger partial charge >= 0.3 is 0 Å². The van der Waals surface area contributed by atoms with Crippen LogP contribution in [-0.2, 0) is 11.3 Å². The molecule has 0 aliphatic rings. The van der Waals surface area contributed by atoms with Crippen molar-refractivity contribution < 1.29 is 14.5 Å². The zero-order chi connectivity index (χ0) is 17.4. The number of nitro benzene ring substituents is 1. The minimum absolute atomic E-state index is 0.0192. The largest absolute Gasteiger partial charge is 0.494 e. The molecule has 0 unspecified atom stereocenters. The highest BCUT2D eigenvalue weighted by Gasteiger charge is 2.03. The van der Waals surface area contributed by atoms with Crippen LogP contribution in [0.5, 0.6) is 5.75 Å². The molecule has 124 valence electrons. The van der Waals surface area contributed by atoms with Crippen LogP contribution in [-0.4, -0.2) is 17.4 Å². The maximum atomic E-state index is 11.8. The second kappa shape index (κ2) is 8.47. The average molecular weight is 326 g/mol. The van der Waals surface area contributed by atoms with Gasteiger partial charge in [0.1, 0.15) is 5.75 Å². The molecule has 24 heavy (non-hydrogen) atoms. The summed E-state index contributed by atoms with van der Waals surface area (Å²) in [6.45, 7) is 2.90. The zero-order valence-corrected chi connectivity index (χ0v) is 13.3. The summed E-state index contributed by atoms with van der Waals surface area (Å²) >= 11 is 0. The van der Waals surface area contributed by atoms with Gasteiger partial charge in [0.2, 0.25) is 5.91 Å². The average Bonchev–Trinajstić information content (AvgIpc) is 2.59. The Kier molecular flexibility index (Phi) is 6.08. The molecule has 0 saturated heterocycles. The fourth-order valence-corrected chi connectivity index (χ4v) is 2.04. The summed E-state index contributed by atoms with van der Waals surface area (Å²) in [6, 6.07) is 13.5. The van der Waals surface area contributed by atoms with Gasteiger partial charge in [-0.15, -0.1) is 0 Å². The molecule has 1 N–H and O–H groups in total. The monoisotopic (exact) mass is 326 g/mol. The topological polar surface area (TPSA) is 81.5 Å². The van der Waals surface area contributed by atoms with Crippen LogP contribution in [0.4, 0.5) is 5.69 Å². The van der Waals surface area contributed by atoms with Gasteiger partial charge in [0.25, 0.3) is 5.69 Å². The van der Waals surface area contributed by atoms with Gasteiger partial charge in [-0.1, -0.05) is 12.1 Å². The van der Waals surface area contributed by atoms with Gasteiger partial charge in [-0.2, -0.15) is 0 Å². The Morgan fingerprint density at radius 2 is 2.00 bits per heavy atom. The molecule has 0 aliphatic carbocycles. The smallest absolute Gasteiger partial charge is 0.269 e. The van der Waals surface area contributed by atoms with Crippen molar-refractivity contribution in [3.63, 3.8) is 0 Å². The summed E-state index contributed by atoms with van der Waals surface area (Å²) < 4.78 is 5.41. The van der Waals surface area contributed by atoms with Crippen molar-refractivity contribution in [2.75, 3.05) is 6.61 Å². The molecular weight excluding hydrogens is 308 g/mol. The number of hydrogen-bond acceptors (Lipinski definition) is 4. The first kappa shape index (κ1) is 17.2. The van der Waals surface area contributed by atoms with Crippen molar-refractivity contribution in [1.29, 1.82) is 0 Å². The highest BCUT2D eigenvalue weighted by molar-refractivity contribution is 5.91. The molecule has 0 atom stereocenters. The van der Waals surface area contributed by atoms with E-state index in [4.69, 9.17) is 4.74 Å². The number of nitrogens with zero attached hydrogens (tertiary/aromatic N) is 1. The first-order valence-electron chi connectivity index (χ1n) is 7.50. The lowest BCUT2D eigenvalue weighted by molar-refractivity contribution is -0.384. The van der Waals surface area contributed by atoms with Gasteiger partial charge in [0.15, 0.2) is 0 Å². The van der Waals surface area contributed by atoms with E-state index >= 15 is 0 Å². The molecule has 1 amide bonds. The Hall–Kier alpha value is -3.15. The molecule has 6 nitrogen and oxygen atoms in total. The predicted molar refractivity (Wildman–Crippen MR) is 91.6 cm³/mol. The van der Waals surface area contributed by atoms with Crippen LogP contribution < -0.4 is 10.1 Å². The fourth-order valence-electron chi connectivity index (χ4n) is 2.04. The van der Waals surface area contributed by atoms with Crippen molar-refractivity contribution in [3.8, 4) is 5.75 Å². The minimum atomic E-state index is -0.462. The summed E-state index contributed by atoms with van der Waals surface area (Å²) in [4.78, 5) is 22.0. The number of benzene rings is 2. The van der Waals surface area contributed by atoms with E-state index in [-0.39, 0.29) is 11.6 Å². The Morgan fingerprint density at radius 1 is 1.25 bits per heavy atom. The lowest BCUT2D eigenvalue weighted by Gasteiger charge is -2.06. The number of ether oxygens (including phenoxy) is 1. The lowest BCUT2D eigenvalue weighted by Crippen LogP contribution is -2.20. The van der Waals surface area contributed by atoms with Crippen LogP contribution >= 0.6 is 0 Å². The third-order valence-electron chi connectivity index (χ3n) is 3.21. The predicted octanol–water partition coefficient (Wildman–Crippen LogP) is 3.32. The molecule has 0 fully saturated rings. The maximum absolute atomic E-state index is 11.8. The van der Waals surface area contributed by atoms with Gasteiger partial charge in [-0.3, -0.25) is 14.9 Å². The number of carbonyl (C=O) groups is 1. The van der Waals surface area contributed by atoms with Gasteiger partial charge in [-0.25, -0.2) is 0 Å². The Morgan fingerprint density at radius 3 is 2.67 bits per heavy atom. The van der Waals surface area contributed by atoms with E-state index in [2.05, 4.69) is 5.32 Å². The van der Waals surface area contributed by atoms with Gasteiger partial charge in [0.05, 0.1) is 11.5 Å². The zero-order valence-electron chi connectivity index (χ0n) is 13.3.